The molecule has 0 saturated carbocycles. The molecule has 0 aromatic heterocycles. The fraction of sp³-hybridized carbons (Fsp3) is 0.294. The van der Waals surface area contributed by atoms with Crippen LogP contribution in [-0.4, -0.2) is 36.7 Å². The van der Waals surface area contributed by atoms with Gasteiger partial charge in [0.05, 0.1) is 11.7 Å². The summed E-state index contributed by atoms with van der Waals surface area (Å²) in [4.78, 5) is 0. The van der Waals surface area contributed by atoms with Crippen molar-refractivity contribution in [1.29, 1.82) is 0 Å². The van der Waals surface area contributed by atoms with E-state index in [4.69, 9.17) is 4.74 Å². The molecule has 7 heteroatoms. The van der Waals surface area contributed by atoms with Gasteiger partial charge < -0.3 is 35.4 Å². The highest BCUT2D eigenvalue weighted by Crippen LogP contribution is 2.46. The van der Waals surface area contributed by atoms with Crippen molar-refractivity contribution in [3.8, 4) is 34.5 Å². The minimum Gasteiger partial charge on any atom is -0.508 e. The molecule has 2 aromatic rings. The summed E-state index contributed by atoms with van der Waals surface area (Å²) in [7, 11) is 0. The molecule has 0 amide bonds. The molecule has 0 saturated heterocycles. The Balaban J connectivity index is 0.00000100. The van der Waals surface area contributed by atoms with Gasteiger partial charge in [0.2, 0.25) is 0 Å². The van der Waals surface area contributed by atoms with Crippen LogP contribution in [0, 0.1) is 0 Å². The molecule has 6 N–H and O–H groups in total. The first-order valence-electron chi connectivity index (χ1n) is 7.51. The number of benzene rings is 2. The number of ether oxygens (including phenoxy) is 1. The Morgan fingerprint density at radius 3 is 1.92 bits per heavy atom. The first-order valence-corrected chi connectivity index (χ1v) is 7.51. The summed E-state index contributed by atoms with van der Waals surface area (Å²) in [5, 5.41) is 58.6. The maximum atomic E-state index is 10.2. The first kappa shape index (κ1) is 17.6. The smallest absolute Gasteiger partial charge is 0.157 e. The summed E-state index contributed by atoms with van der Waals surface area (Å²) in [6.07, 6.45) is -2.26. The van der Waals surface area contributed by atoms with E-state index in [0.717, 1.165) is 18.2 Å². The molecule has 1 aliphatic rings. The quantitative estimate of drug-likeness (QED) is 0.471. The van der Waals surface area contributed by atoms with Crippen LogP contribution in [0.15, 0.2) is 24.3 Å². The molecule has 2 unspecified atom stereocenters. The van der Waals surface area contributed by atoms with Crippen LogP contribution in [0.3, 0.4) is 0 Å². The molecule has 1 heterocycles. The van der Waals surface area contributed by atoms with Crippen molar-refractivity contribution in [2.75, 3.05) is 0 Å². The van der Waals surface area contributed by atoms with E-state index in [2.05, 4.69) is 0 Å². The molecule has 0 fully saturated rings. The molecule has 0 aliphatic carbocycles. The molecule has 0 bridgehead atoms. The minimum absolute atomic E-state index is 0.00582. The highest BCUT2D eigenvalue weighted by atomic mass is 16.5. The summed E-state index contributed by atoms with van der Waals surface area (Å²) < 4.78 is 5.52. The average molecular weight is 336 g/mol. The average Bonchev–Trinajstić information content (AvgIpc) is 2.49. The molecule has 2 atom stereocenters. The van der Waals surface area contributed by atoms with Crippen LogP contribution in [0.1, 0.15) is 31.1 Å². The molecule has 130 valence electrons. The van der Waals surface area contributed by atoms with Gasteiger partial charge in [0.15, 0.2) is 6.10 Å². The van der Waals surface area contributed by atoms with E-state index in [1.165, 1.54) is 6.07 Å². The maximum Gasteiger partial charge on any atom is 0.157 e. The molecule has 0 radical (unpaired) electrons. The second-order valence-electron chi connectivity index (χ2n) is 5.15. The molecule has 3 rings (SSSR count). The van der Waals surface area contributed by atoms with Crippen LogP contribution in [0.4, 0.5) is 0 Å². The highest BCUT2D eigenvalue weighted by Gasteiger charge is 2.35. The van der Waals surface area contributed by atoms with Crippen molar-refractivity contribution in [3.63, 3.8) is 0 Å². The van der Waals surface area contributed by atoms with E-state index in [9.17, 15) is 30.6 Å². The normalized spacial score (nSPS) is 18.8. The second-order valence-corrected chi connectivity index (χ2v) is 5.15. The fourth-order valence-corrected chi connectivity index (χ4v) is 2.61. The summed E-state index contributed by atoms with van der Waals surface area (Å²) >= 11 is 0. The van der Waals surface area contributed by atoms with E-state index in [1.54, 1.807) is 0 Å². The zero-order chi connectivity index (χ0) is 18.0. The number of rotatable bonds is 1. The van der Waals surface area contributed by atoms with Gasteiger partial charge in [0.1, 0.15) is 34.5 Å². The Morgan fingerprint density at radius 2 is 1.33 bits per heavy atom. The van der Waals surface area contributed by atoms with E-state index < -0.39 is 23.7 Å². The lowest BCUT2D eigenvalue weighted by atomic mass is 9.93. The lowest BCUT2D eigenvalue weighted by Gasteiger charge is -2.31. The summed E-state index contributed by atoms with van der Waals surface area (Å²) in [6, 6.07) is 4.42. The van der Waals surface area contributed by atoms with Crippen molar-refractivity contribution < 1.29 is 35.4 Å². The number of aromatic hydroxyl groups is 5. The number of fused-ring (bicyclic) bond motifs is 1. The van der Waals surface area contributed by atoms with Gasteiger partial charge in [-0.25, -0.2) is 0 Å². The van der Waals surface area contributed by atoms with E-state index >= 15 is 0 Å². The number of hydrogen-bond acceptors (Lipinski definition) is 7. The Bertz CT molecular complexity index is 719. The van der Waals surface area contributed by atoms with E-state index in [-0.39, 0.29) is 35.0 Å². The molecular formula is C17H20O7. The van der Waals surface area contributed by atoms with Gasteiger partial charge in [-0.3, -0.25) is 0 Å². The number of aliphatic hydroxyl groups is 1. The minimum atomic E-state index is -1.15. The predicted octanol–water partition coefficient (Wildman–Crippen LogP) is 2.28. The van der Waals surface area contributed by atoms with Gasteiger partial charge in [-0.1, -0.05) is 13.8 Å². The monoisotopic (exact) mass is 336 g/mol. The highest BCUT2D eigenvalue weighted by molar-refractivity contribution is 5.54. The largest absolute Gasteiger partial charge is 0.508 e. The van der Waals surface area contributed by atoms with Crippen LogP contribution in [0.2, 0.25) is 0 Å². The molecule has 0 spiro atoms. The third-order valence-corrected chi connectivity index (χ3v) is 3.59. The van der Waals surface area contributed by atoms with Crippen LogP contribution < -0.4 is 4.74 Å². The van der Waals surface area contributed by atoms with Crippen LogP contribution >= 0.6 is 0 Å². The SMILES string of the molecule is CC.Oc1cc(O)c(C2Oc3cc(O)cc(O)c3CC2O)c(O)c1. The molecule has 24 heavy (non-hydrogen) atoms. The van der Waals surface area contributed by atoms with Crippen molar-refractivity contribution >= 4 is 0 Å². The Morgan fingerprint density at radius 1 is 0.833 bits per heavy atom. The van der Waals surface area contributed by atoms with E-state index in [1.807, 2.05) is 13.8 Å². The van der Waals surface area contributed by atoms with Crippen LogP contribution in [0.5, 0.6) is 34.5 Å². The first-order chi connectivity index (χ1) is 11.4. The van der Waals surface area contributed by atoms with Gasteiger partial charge in [0, 0.05) is 36.2 Å². The second kappa shape index (κ2) is 6.76. The summed E-state index contributed by atoms with van der Waals surface area (Å²) in [6.45, 7) is 4.00. The topological polar surface area (TPSA) is 131 Å². The fourth-order valence-electron chi connectivity index (χ4n) is 2.61. The lowest BCUT2D eigenvalue weighted by Crippen LogP contribution is -2.30. The number of hydrogen-bond donors (Lipinski definition) is 6. The maximum absolute atomic E-state index is 10.2. The van der Waals surface area contributed by atoms with Gasteiger partial charge in [-0.15, -0.1) is 0 Å². The van der Waals surface area contributed by atoms with Crippen molar-refractivity contribution in [2.24, 2.45) is 0 Å². The Hall–Kier alpha value is -2.80. The third-order valence-electron chi connectivity index (χ3n) is 3.59. The van der Waals surface area contributed by atoms with Gasteiger partial charge >= 0.3 is 0 Å². The van der Waals surface area contributed by atoms with Crippen molar-refractivity contribution in [1.82, 2.24) is 0 Å². The lowest BCUT2D eigenvalue weighted by molar-refractivity contribution is 0.0172. The van der Waals surface area contributed by atoms with Crippen molar-refractivity contribution in [3.05, 3.63) is 35.4 Å². The Kier molecular flexibility index (Phi) is 4.94. The molecule has 2 aromatic carbocycles. The molecular weight excluding hydrogens is 316 g/mol. The number of phenolic OH excluding ortho intramolecular Hbond substituents is 5. The standard InChI is InChI=1S/C15H14O7.C2H6/c16-6-2-10(19)14(11(20)3-6)15-12(21)5-8-9(18)1-7(17)4-13(8)22-15;1-2/h1-4,12,15-21H,5H2;1-2H3. The van der Waals surface area contributed by atoms with Crippen LogP contribution in [0.25, 0.3) is 0 Å². The van der Waals surface area contributed by atoms with Crippen LogP contribution in [-0.2, 0) is 6.42 Å². The van der Waals surface area contributed by atoms with E-state index in [0.29, 0.717) is 5.56 Å². The zero-order valence-corrected chi connectivity index (χ0v) is 13.3. The predicted molar refractivity (Wildman–Crippen MR) is 85.6 cm³/mol. The molecule has 1 aliphatic heterocycles. The third kappa shape index (κ3) is 3.11. The number of phenols is 5. The van der Waals surface area contributed by atoms with Gasteiger partial charge in [0.25, 0.3) is 0 Å². The molecule has 7 nitrogen and oxygen atoms in total. The summed E-state index contributed by atoms with van der Waals surface area (Å²) in [5.74, 6) is -1.50. The van der Waals surface area contributed by atoms with Crippen molar-refractivity contribution in [2.45, 2.75) is 32.5 Å². The summed E-state index contributed by atoms with van der Waals surface area (Å²) in [5.41, 5.74) is 0.234. The number of aliphatic hydroxyl groups excluding tert-OH is 1. The van der Waals surface area contributed by atoms with Gasteiger partial charge in [-0.05, 0) is 0 Å². The zero-order valence-electron chi connectivity index (χ0n) is 13.3. The van der Waals surface area contributed by atoms with Gasteiger partial charge in [-0.2, -0.15) is 0 Å². The Labute approximate surface area is 138 Å².